The van der Waals surface area contributed by atoms with Crippen molar-refractivity contribution in [3.63, 3.8) is 0 Å². The summed E-state index contributed by atoms with van der Waals surface area (Å²) in [4.78, 5) is 0.0891. The van der Waals surface area contributed by atoms with Crippen molar-refractivity contribution in [1.82, 2.24) is 14.1 Å². The molecule has 1 aromatic heterocycles. The molecule has 0 aliphatic carbocycles. The van der Waals surface area contributed by atoms with E-state index in [1.54, 1.807) is 4.68 Å². The molecule has 0 aliphatic rings. The Labute approximate surface area is 117 Å². The predicted molar refractivity (Wildman–Crippen MR) is 73.2 cm³/mol. The van der Waals surface area contributed by atoms with Crippen LogP contribution in [0.2, 0.25) is 0 Å². The fourth-order valence-corrected chi connectivity index (χ4v) is 2.72. The number of sulfonamides is 1. The van der Waals surface area contributed by atoms with Crippen molar-refractivity contribution >= 4 is 10.0 Å². The van der Waals surface area contributed by atoms with E-state index >= 15 is 0 Å². The lowest BCUT2D eigenvalue weighted by molar-refractivity contribution is 0.501. The Balaban J connectivity index is 2.19. The van der Waals surface area contributed by atoms with Crippen molar-refractivity contribution in [2.45, 2.75) is 11.4 Å². The molecule has 20 heavy (non-hydrogen) atoms. The molecule has 0 radical (unpaired) electrons. The molecule has 0 spiro atoms. The molecular formula is C13H14N4O2S. The van der Waals surface area contributed by atoms with Crippen LogP contribution in [0.3, 0.4) is 0 Å². The first-order valence-corrected chi connectivity index (χ1v) is 7.37. The summed E-state index contributed by atoms with van der Waals surface area (Å²) < 4.78 is 26.8. The molecule has 2 rings (SSSR count). The Kier molecular flexibility index (Phi) is 4.17. The van der Waals surface area contributed by atoms with Gasteiger partial charge in [-0.05, 0) is 5.56 Å². The lowest BCUT2D eigenvalue weighted by atomic mass is 10.2. The van der Waals surface area contributed by atoms with E-state index in [1.807, 2.05) is 36.4 Å². The minimum absolute atomic E-state index is 0.0891. The molecular weight excluding hydrogens is 276 g/mol. The zero-order chi connectivity index (χ0) is 14.6. The van der Waals surface area contributed by atoms with E-state index in [-0.39, 0.29) is 11.4 Å². The van der Waals surface area contributed by atoms with E-state index in [2.05, 4.69) is 5.10 Å². The van der Waals surface area contributed by atoms with E-state index in [0.717, 1.165) is 9.87 Å². The second-order valence-corrected chi connectivity index (χ2v) is 6.32. The molecule has 0 amide bonds. The smallest absolute Gasteiger partial charge is 0.246 e. The quantitative estimate of drug-likeness (QED) is 0.772. The van der Waals surface area contributed by atoms with Crippen LogP contribution in [-0.4, -0.2) is 36.1 Å². The molecule has 0 N–H and O–H groups in total. The number of nitrogens with zero attached hydrogens (tertiary/aromatic N) is 4. The Morgan fingerprint density at radius 3 is 2.70 bits per heavy atom. The molecule has 0 saturated carbocycles. The summed E-state index contributed by atoms with van der Waals surface area (Å²) >= 11 is 0. The van der Waals surface area contributed by atoms with Gasteiger partial charge in [-0.3, -0.25) is 4.68 Å². The first-order valence-electron chi connectivity index (χ1n) is 5.93. The Bertz CT molecular complexity index is 716. The van der Waals surface area contributed by atoms with Gasteiger partial charge in [-0.1, -0.05) is 30.3 Å². The summed E-state index contributed by atoms with van der Waals surface area (Å²) in [7, 11) is -2.28. The third kappa shape index (κ3) is 3.04. The Morgan fingerprint density at radius 2 is 2.05 bits per heavy atom. The van der Waals surface area contributed by atoms with Crippen LogP contribution in [0.4, 0.5) is 0 Å². The van der Waals surface area contributed by atoms with Crippen molar-refractivity contribution in [3.8, 4) is 6.07 Å². The number of nitriles is 1. The number of rotatable bonds is 5. The van der Waals surface area contributed by atoms with Crippen LogP contribution >= 0.6 is 0 Å². The maximum absolute atomic E-state index is 12.1. The highest BCUT2D eigenvalue weighted by molar-refractivity contribution is 7.89. The van der Waals surface area contributed by atoms with Crippen LogP contribution in [-0.2, 0) is 16.6 Å². The van der Waals surface area contributed by atoms with Gasteiger partial charge in [0.2, 0.25) is 10.0 Å². The third-order valence-electron chi connectivity index (χ3n) is 2.80. The minimum atomic E-state index is -3.65. The van der Waals surface area contributed by atoms with Gasteiger partial charge in [-0.2, -0.15) is 14.7 Å². The van der Waals surface area contributed by atoms with Crippen LogP contribution in [0, 0.1) is 11.3 Å². The van der Waals surface area contributed by atoms with Crippen LogP contribution in [0.5, 0.6) is 0 Å². The number of benzene rings is 1. The van der Waals surface area contributed by atoms with Crippen LogP contribution < -0.4 is 0 Å². The van der Waals surface area contributed by atoms with Gasteiger partial charge in [0.05, 0.1) is 18.8 Å². The fourth-order valence-electron chi connectivity index (χ4n) is 1.70. The standard InChI is InChI=1S/C13H14N4O2S/c1-16(8-7-14)20(18,19)13-9-15-17(11-13)10-12-5-3-2-4-6-12/h2-6,9,11H,8,10H2,1H3. The molecule has 0 fully saturated rings. The molecule has 0 bridgehead atoms. The molecule has 2 aromatic rings. The molecule has 0 aliphatic heterocycles. The first kappa shape index (κ1) is 14.2. The number of aromatic nitrogens is 2. The van der Waals surface area contributed by atoms with E-state index in [1.165, 1.54) is 19.4 Å². The molecule has 0 unspecified atom stereocenters. The highest BCUT2D eigenvalue weighted by Crippen LogP contribution is 2.13. The van der Waals surface area contributed by atoms with Crippen LogP contribution in [0.1, 0.15) is 5.56 Å². The molecule has 0 atom stereocenters. The van der Waals surface area contributed by atoms with E-state index < -0.39 is 10.0 Å². The minimum Gasteiger partial charge on any atom is -0.267 e. The van der Waals surface area contributed by atoms with Gasteiger partial charge in [0.1, 0.15) is 11.4 Å². The molecule has 7 heteroatoms. The predicted octanol–water partition coefficient (Wildman–Crippen LogP) is 1.08. The monoisotopic (exact) mass is 290 g/mol. The van der Waals surface area contributed by atoms with Crippen molar-refractivity contribution in [2.24, 2.45) is 0 Å². The van der Waals surface area contributed by atoms with Gasteiger partial charge < -0.3 is 0 Å². The Hall–Kier alpha value is -2.17. The molecule has 6 nitrogen and oxygen atoms in total. The maximum atomic E-state index is 12.1. The van der Waals surface area contributed by atoms with E-state index in [0.29, 0.717) is 6.54 Å². The maximum Gasteiger partial charge on any atom is 0.246 e. The van der Waals surface area contributed by atoms with E-state index in [9.17, 15) is 8.42 Å². The van der Waals surface area contributed by atoms with Gasteiger partial charge in [-0.25, -0.2) is 8.42 Å². The van der Waals surface area contributed by atoms with Crippen molar-refractivity contribution in [3.05, 3.63) is 48.3 Å². The van der Waals surface area contributed by atoms with Crippen molar-refractivity contribution in [1.29, 1.82) is 5.26 Å². The van der Waals surface area contributed by atoms with Crippen molar-refractivity contribution in [2.75, 3.05) is 13.6 Å². The van der Waals surface area contributed by atoms with Gasteiger partial charge in [-0.15, -0.1) is 0 Å². The molecule has 1 heterocycles. The lowest BCUT2D eigenvalue weighted by Crippen LogP contribution is -2.26. The second kappa shape index (κ2) is 5.86. The van der Waals surface area contributed by atoms with Gasteiger partial charge in [0.25, 0.3) is 0 Å². The Morgan fingerprint density at radius 1 is 1.35 bits per heavy atom. The van der Waals surface area contributed by atoms with Crippen LogP contribution in [0.15, 0.2) is 47.6 Å². The number of hydrogen-bond donors (Lipinski definition) is 0. The normalized spacial score (nSPS) is 11.4. The zero-order valence-corrected chi connectivity index (χ0v) is 11.8. The fraction of sp³-hybridized carbons (Fsp3) is 0.231. The van der Waals surface area contributed by atoms with Gasteiger partial charge in [0, 0.05) is 13.2 Å². The number of hydrogen-bond acceptors (Lipinski definition) is 4. The highest BCUT2D eigenvalue weighted by Gasteiger charge is 2.22. The molecule has 1 aromatic carbocycles. The average Bonchev–Trinajstić information content (AvgIpc) is 2.89. The van der Waals surface area contributed by atoms with Gasteiger partial charge in [0.15, 0.2) is 0 Å². The summed E-state index contributed by atoms with van der Waals surface area (Å²) in [5.74, 6) is 0. The highest BCUT2D eigenvalue weighted by atomic mass is 32.2. The third-order valence-corrected chi connectivity index (χ3v) is 4.55. The zero-order valence-electron chi connectivity index (χ0n) is 11.0. The lowest BCUT2D eigenvalue weighted by Gasteiger charge is -2.11. The van der Waals surface area contributed by atoms with E-state index in [4.69, 9.17) is 5.26 Å². The second-order valence-electron chi connectivity index (χ2n) is 4.28. The first-order chi connectivity index (χ1) is 9.54. The molecule has 0 saturated heterocycles. The topological polar surface area (TPSA) is 79.0 Å². The summed E-state index contributed by atoms with van der Waals surface area (Å²) in [5, 5.41) is 12.6. The van der Waals surface area contributed by atoms with Crippen LogP contribution in [0.25, 0.3) is 0 Å². The summed E-state index contributed by atoms with van der Waals surface area (Å²) in [6, 6.07) is 11.4. The average molecular weight is 290 g/mol. The van der Waals surface area contributed by atoms with Crippen molar-refractivity contribution < 1.29 is 8.42 Å². The van der Waals surface area contributed by atoms with Gasteiger partial charge >= 0.3 is 0 Å². The molecule has 104 valence electrons. The summed E-state index contributed by atoms with van der Waals surface area (Å²) in [5.41, 5.74) is 1.03. The SMILES string of the molecule is CN(CC#N)S(=O)(=O)c1cnn(Cc2ccccc2)c1. The summed E-state index contributed by atoms with van der Waals surface area (Å²) in [6.07, 6.45) is 2.77. The largest absolute Gasteiger partial charge is 0.267 e. The summed E-state index contributed by atoms with van der Waals surface area (Å²) in [6.45, 7) is 0.310.